The molecular formula is C29H52N8O8. The van der Waals surface area contributed by atoms with Gasteiger partial charge in [-0.1, -0.05) is 103 Å². The molecule has 16 heteroatoms. The third-order valence-electron chi connectivity index (χ3n) is 6.77. The van der Waals surface area contributed by atoms with Crippen LogP contribution in [0.2, 0.25) is 0 Å². The van der Waals surface area contributed by atoms with Gasteiger partial charge in [0.05, 0.1) is 0 Å². The number of hydrogen-bond acceptors (Lipinski definition) is 12. The van der Waals surface area contributed by atoms with E-state index in [2.05, 4.69) is 38.0 Å². The van der Waals surface area contributed by atoms with Gasteiger partial charge in [0.1, 0.15) is 26.2 Å². The standard InChI is InChI=1S/C29H52N8O8/c1-2-3-4-5-6-7-8-9-10-11-12-13-14-15-16-17-18-30-27-31-28(34-36(19-23(38)39)20-24(40)41)33-29(32-27)35-37(21-25(42)43)22-26(44)45/h2-22H2,1H3,(H,38,39)(H,40,41)(H,42,43)(H,44,45)(H3,30,31,32,33,34,35). The van der Waals surface area contributed by atoms with Crippen LogP contribution in [-0.4, -0.2) is 102 Å². The molecule has 0 aliphatic carbocycles. The van der Waals surface area contributed by atoms with E-state index in [1.807, 2.05) is 0 Å². The Bertz CT molecular complexity index is 928. The first kappa shape index (κ1) is 39.2. The van der Waals surface area contributed by atoms with Crippen molar-refractivity contribution in [3.8, 4) is 0 Å². The monoisotopic (exact) mass is 640 g/mol. The number of carboxylic acids is 4. The second kappa shape index (κ2) is 24.5. The van der Waals surface area contributed by atoms with E-state index in [-0.39, 0.29) is 17.8 Å². The number of carboxylic acid groups (broad SMARTS) is 4. The predicted molar refractivity (Wildman–Crippen MR) is 169 cm³/mol. The summed E-state index contributed by atoms with van der Waals surface area (Å²) >= 11 is 0. The molecule has 0 amide bonds. The Morgan fingerprint density at radius 3 is 1.09 bits per heavy atom. The maximum atomic E-state index is 11.2. The van der Waals surface area contributed by atoms with Crippen molar-refractivity contribution < 1.29 is 39.6 Å². The zero-order valence-corrected chi connectivity index (χ0v) is 26.5. The Hall–Kier alpha value is -3.79. The van der Waals surface area contributed by atoms with Gasteiger partial charge in [0.15, 0.2) is 0 Å². The number of nitrogens with one attached hydrogen (secondary N) is 3. The number of rotatable bonds is 30. The molecule has 0 bridgehead atoms. The van der Waals surface area contributed by atoms with Gasteiger partial charge in [-0.2, -0.15) is 25.0 Å². The van der Waals surface area contributed by atoms with Crippen molar-refractivity contribution in [2.24, 2.45) is 0 Å². The first-order valence-electron chi connectivity index (χ1n) is 16.0. The number of unbranched alkanes of at least 4 members (excludes halogenated alkanes) is 15. The molecule has 0 aliphatic rings. The van der Waals surface area contributed by atoms with Crippen molar-refractivity contribution in [2.75, 3.05) is 48.9 Å². The van der Waals surface area contributed by atoms with Crippen molar-refractivity contribution in [3.05, 3.63) is 0 Å². The SMILES string of the molecule is CCCCCCCCCCCCCCCCCCNc1nc(NN(CC(=O)O)CC(=O)O)nc(NN(CC(=O)O)CC(=O)O)n1. The Balaban J connectivity index is 2.55. The van der Waals surface area contributed by atoms with E-state index >= 15 is 0 Å². The van der Waals surface area contributed by atoms with Gasteiger partial charge in [0, 0.05) is 6.54 Å². The van der Waals surface area contributed by atoms with E-state index in [1.165, 1.54) is 77.0 Å². The van der Waals surface area contributed by atoms with E-state index in [9.17, 15) is 19.2 Å². The lowest BCUT2D eigenvalue weighted by Gasteiger charge is -2.22. The second-order valence-electron chi connectivity index (χ2n) is 11.0. The Morgan fingerprint density at radius 2 is 0.778 bits per heavy atom. The zero-order valence-electron chi connectivity index (χ0n) is 26.5. The fraction of sp³-hybridized carbons (Fsp3) is 0.759. The lowest BCUT2D eigenvalue weighted by Crippen LogP contribution is -2.40. The van der Waals surface area contributed by atoms with E-state index in [0.29, 0.717) is 6.54 Å². The van der Waals surface area contributed by atoms with Crippen molar-refractivity contribution in [1.82, 2.24) is 25.0 Å². The molecule has 1 heterocycles. The van der Waals surface area contributed by atoms with Crippen molar-refractivity contribution in [1.29, 1.82) is 0 Å². The smallest absolute Gasteiger partial charge is 0.319 e. The summed E-state index contributed by atoms with van der Waals surface area (Å²) in [5, 5.41) is 41.2. The van der Waals surface area contributed by atoms with Crippen LogP contribution in [0.15, 0.2) is 0 Å². The molecule has 0 fully saturated rings. The summed E-state index contributed by atoms with van der Waals surface area (Å²) in [6.07, 6.45) is 20.0. The molecule has 45 heavy (non-hydrogen) atoms. The third kappa shape index (κ3) is 22.4. The normalized spacial score (nSPS) is 11.1. The molecule has 7 N–H and O–H groups in total. The summed E-state index contributed by atoms with van der Waals surface area (Å²) in [6, 6.07) is 0. The maximum Gasteiger partial charge on any atom is 0.319 e. The number of hydrazine groups is 2. The molecule has 0 aliphatic heterocycles. The summed E-state index contributed by atoms with van der Waals surface area (Å²) in [5.74, 6) is -5.60. The van der Waals surface area contributed by atoms with Gasteiger partial charge in [0.25, 0.3) is 0 Å². The van der Waals surface area contributed by atoms with Gasteiger partial charge < -0.3 is 25.7 Å². The lowest BCUT2D eigenvalue weighted by atomic mass is 10.0. The van der Waals surface area contributed by atoms with E-state index in [4.69, 9.17) is 20.4 Å². The van der Waals surface area contributed by atoms with Crippen LogP contribution in [0, 0.1) is 0 Å². The number of nitrogens with zero attached hydrogens (tertiary/aromatic N) is 5. The maximum absolute atomic E-state index is 11.2. The van der Waals surface area contributed by atoms with Crippen LogP contribution in [0.4, 0.5) is 17.8 Å². The summed E-state index contributed by atoms with van der Waals surface area (Å²) in [4.78, 5) is 57.1. The Morgan fingerprint density at radius 1 is 0.489 bits per heavy atom. The number of aromatic nitrogens is 3. The highest BCUT2D eigenvalue weighted by Crippen LogP contribution is 2.15. The molecule has 0 saturated heterocycles. The molecule has 0 unspecified atom stereocenters. The van der Waals surface area contributed by atoms with Crippen molar-refractivity contribution >= 4 is 41.7 Å². The molecule has 0 atom stereocenters. The van der Waals surface area contributed by atoms with Crippen LogP contribution in [-0.2, 0) is 19.2 Å². The Labute approximate surface area is 265 Å². The number of carbonyl (C=O) groups is 4. The minimum Gasteiger partial charge on any atom is -0.480 e. The van der Waals surface area contributed by atoms with Gasteiger partial charge >= 0.3 is 23.9 Å². The average molecular weight is 641 g/mol. The molecule has 1 rings (SSSR count). The second-order valence-corrected chi connectivity index (χ2v) is 11.0. The topological polar surface area (TPSA) is 230 Å². The number of anilines is 3. The summed E-state index contributed by atoms with van der Waals surface area (Å²) in [7, 11) is 0. The minimum absolute atomic E-state index is 0.0483. The summed E-state index contributed by atoms with van der Waals surface area (Å²) in [5.41, 5.74) is 5.03. The molecule has 0 saturated carbocycles. The quantitative estimate of drug-likeness (QED) is 0.0462. The molecule has 256 valence electrons. The van der Waals surface area contributed by atoms with Crippen LogP contribution in [0.5, 0.6) is 0 Å². The lowest BCUT2D eigenvalue weighted by molar-refractivity contribution is -0.143. The number of aliphatic carboxylic acids is 4. The van der Waals surface area contributed by atoms with Gasteiger partial charge in [0.2, 0.25) is 17.8 Å². The zero-order chi connectivity index (χ0) is 33.3. The molecule has 1 aromatic rings. The van der Waals surface area contributed by atoms with Crippen LogP contribution in [0.1, 0.15) is 110 Å². The van der Waals surface area contributed by atoms with Crippen LogP contribution in [0.3, 0.4) is 0 Å². The largest absolute Gasteiger partial charge is 0.480 e. The van der Waals surface area contributed by atoms with Gasteiger partial charge in [-0.25, -0.2) is 0 Å². The summed E-state index contributed by atoms with van der Waals surface area (Å²) in [6.45, 7) is -0.00359. The molecule has 1 aromatic heterocycles. The molecule has 16 nitrogen and oxygen atoms in total. The van der Waals surface area contributed by atoms with E-state index < -0.39 is 50.1 Å². The number of hydrogen-bond donors (Lipinski definition) is 7. The predicted octanol–water partition coefficient (Wildman–Crippen LogP) is 4.14. The molecule has 0 aromatic carbocycles. The highest BCUT2D eigenvalue weighted by atomic mass is 16.4. The highest BCUT2D eigenvalue weighted by molar-refractivity contribution is 5.73. The third-order valence-corrected chi connectivity index (χ3v) is 6.77. The van der Waals surface area contributed by atoms with Crippen molar-refractivity contribution in [3.63, 3.8) is 0 Å². The first-order chi connectivity index (χ1) is 21.6. The van der Waals surface area contributed by atoms with Crippen LogP contribution in [0.25, 0.3) is 0 Å². The van der Waals surface area contributed by atoms with E-state index in [0.717, 1.165) is 35.7 Å². The van der Waals surface area contributed by atoms with Gasteiger partial charge in [-0.3, -0.25) is 30.0 Å². The van der Waals surface area contributed by atoms with Crippen LogP contribution >= 0.6 is 0 Å². The van der Waals surface area contributed by atoms with Crippen molar-refractivity contribution in [2.45, 2.75) is 110 Å². The molecule has 0 radical (unpaired) electrons. The average Bonchev–Trinajstić information content (AvgIpc) is 2.93. The first-order valence-corrected chi connectivity index (χ1v) is 16.0. The fourth-order valence-electron chi connectivity index (χ4n) is 4.63. The van der Waals surface area contributed by atoms with Gasteiger partial charge in [-0.05, 0) is 6.42 Å². The fourth-order valence-corrected chi connectivity index (χ4v) is 4.63. The van der Waals surface area contributed by atoms with E-state index in [1.54, 1.807) is 0 Å². The summed E-state index contributed by atoms with van der Waals surface area (Å²) < 4.78 is 0. The van der Waals surface area contributed by atoms with Crippen LogP contribution < -0.4 is 16.2 Å². The molecule has 0 spiro atoms. The minimum atomic E-state index is -1.30. The highest BCUT2D eigenvalue weighted by Gasteiger charge is 2.19. The van der Waals surface area contributed by atoms with Gasteiger partial charge in [-0.15, -0.1) is 0 Å². The molecular weight excluding hydrogens is 588 g/mol. The Kier molecular flexibility index (Phi) is 21.4.